The Morgan fingerprint density at radius 3 is 2.55 bits per heavy atom. The molecule has 1 unspecified atom stereocenters. The maximum absolute atomic E-state index is 13.0. The first-order valence-electron chi connectivity index (χ1n) is 10.9. The first-order chi connectivity index (χ1) is 15.8. The van der Waals surface area contributed by atoms with Crippen LogP contribution in [0.2, 0.25) is 0 Å². The number of ether oxygens (including phenoxy) is 3. The van der Waals surface area contributed by atoms with E-state index in [1.807, 2.05) is 48.7 Å². The van der Waals surface area contributed by atoms with Crippen molar-refractivity contribution >= 4 is 11.6 Å². The first-order valence-corrected chi connectivity index (χ1v) is 10.9. The number of methoxy groups -OCH3 is 1. The predicted octanol–water partition coefficient (Wildman–Crippen LogP) is 4.09. The molecule has 2 heterocycles. The highest BCUT2D eigenvalue weighted by atomic mass is 16.5. The summed E-state index contributed by atoms with van der Waals surface area (Å²) >= 11 is 0. The number of aliphatic hydroxyl groups is 1. The molecule has 1 fully saturated rings. The second-order valence-corrected chi connectivity index (χ2v) is 8.59. The Kier molecular flexibility index (Phi) is 6.51. The normalized spacial score (nSPS) is 16.1. The molecule has 33 heavy (non-hydrogen) atoms. The summed E-state index contributed by atoms with van der Waals surface area (Å²) in [5.41, 5.74) is 1.81. The predicted molar refractivity (Wildman–Crippen MR) is 126 cm³/mol. The van der Waals surface area contributed by atoms with Gasteiger partial charge in [0.15, 0.2) is 17.6 Å². The van der Waals surface area contributed by atoms with Crippen molar-refractivity contribution in [1.29, 1.82) is 0 Å². The zero-order valence-electron chi connectivity index (χ0n) is 19.0. The van der Waals surface area contributed by atoms with Crippen LogP contribution in [0.3, 0.4) is 0 Å². The molecule has 1 saturated heterocycles. The lowest BCUT2D eigenvalue weighted by Crippen LogP contribution is -2.32. The summed E-state index contributed by atoms with van der Waals surface area (Å²) in [6.07, 6.45) is 3.59. The number of anilines is 1. The minimum absolute atomic E-state index is 0.0986. The van der Waals surface area contributed by atoms with E-state index in [0.717, 1.165) is 11.1 Å². The minimum atomic E-state index is -0.963. The Morgan fingerprint density at radius 1 is 1.09 bits per heavy atom. The molecule has 1 amide bonds. The summed E-state index contributed by atoms with van der Waals surface area (Å²) in [5.74, 6) is 1.56. The molecule has 1 atom stereocenters. The molecule has 4 rings (SSSR count). The molecule has 1 N–H and O–H groups in total. The van der Waals surface area contributed by atoms with Crippen molar-refractivity contribution in [3.05, 3.63) is 67.0 Å². The first kappa shape index (κ1) is 22.6. The Labute approximate surface area is 193 Å². The Morgan fingerprint density at radius 2 is 1.88 bits per heavy atom. The van der Waals surface area contributed by atoms with Gasteiger partial charge in [-0.05, 0) is 55.3 Å². The topological polar surface area (TPSA) is 81.1 Å². The highest BCUT2D eigenvalue weighted by Crippen LogP contribution is 2.34. The van der Waals surface area contributed by atoms with Crippen molar-refractivity contribution in [2.45, 2.75) is 32.0 Å². The van der Waals surface area contributed by atoms with E-state index < -0.39 is 11.7 Å². The lowest BCUT2D eigenvalue weighted by atomic mass is 10.1. The SMILES string of the molecule is COc1cc(N2CCC(Oc3ccc(-c4cccnc4)cc3)C2=O)ccc1OCC(C)(C)O. The quantitative estimate of drug-likeness (QED) is 0.559. The monoisotopic (exact) mass is 448 g/mol. The molecule has 0 radical (unpaired) electrons. The van der Waals surface area contributed by atoms with E-state index in [-0.39, 0.29) is 12.5 Å². The Hall–Kier alpha value is -3.58. The van der Waals surface area contributed by atoms with E-state index in [9.17, 15) is 9.90 Å². The van der Waals surface area contributed by atoms with Gasteiger partial charge < -0.3 is 24.2 Å². The van der Waals surface area contributed by atoms with Crippen LogP contribution >= 0.6 is 0 Å². The van der Waals surface area contributed by atoms with E-state index in [0.29, 0.717) is 35.9 Å². The van der Waals surface area contributed by atoms with Crippen LogP contribution in [0.4, 0.5) is 5.69 Å². The van der Waals surface area contributed by atoms with Gasteiger partial charge in [-0.15, -0.1) is 0 Å². The van der Waals surface area contributed by atoms with Crippen LogP contribution in [0.1, 0.15) is 20.3 Å². The average Bonchev–Trinajstić information content (AvgIpc) is 3.18. The summed E-state index contributed by atoms with van der Waals surface area (Å²) in [4.78, 5) is 18.9. The third kappa shape index (κ3) is 5.43. The fourth-order valence-corrected chi connectivity index (χ4v) is 3.64. The highest BCUT2D eigenvalue weighted by Gasteiger charge is 2.34. The van der Waals surface area contributed by atoms with Gasteiger partial charge in [-0.3, -0.25) is 9.78 Å². The third-order valence-corrected chi connectivity index (χ3v) is 5.32. The molecule has 0 bridgehead atoms. The van der Waals surface area contributed by atoms with Gasteiger partial charge in [0.05, 0.1) is 12.7 Å². The summed E-state index contributed by atoms with van der Waals surface area (Å²) in [6, 6.07) is 16.9. The molecular formula is C26H28N2O5. The smallest absolute Gasteiger partial charge is 0.268 e. The van der Waals surface area contributed by atoms with E-state index >= 15 is 0 Å². The van der Waals surface area contributed by atoms with E-state index in [2.05, 4.69) is 4.98 Å². The number of carbonyl (C=O) groups is 1. The maximum atomic E-state index is 13.0. The van der Waals surface area contributed by atoms with Gasteiger partial charge in [0.1, 0.15) is 12.4 Å². The van der Waals surface area contributed by atoms with Crippen LogP contribution < -0.4 is 19.1 Å². The van der Waals surface area contributed by atoms with Crippen molar-refractivity contribution in [1.82, 2.24) is 4.98 Å². The third-order valence-electron chi connectivity index (χ3n) is 5.32. The molecular weight excluding hydrogens is 420 g/mol. The molecule has 1 aliphatic heterocycles. The highest BCUT2D eigenvalue weighted by molar-refractivity contribution is 5.99. The van der Waals surface area contributed by atoms with Gasteiger partial charge in [0, 0.05) is 37.1 Å². The van der Waals surface area contributed by atoms with Crippen molar-refractivity contribution in [3.63, 3.8) is 0 Å². The maximum Gasteiger partial charge on any atom is 0.268 e. The summed E-state index contributed by atoms with van der Waals surface area (Å²) < 4.78 is 17.1. The minimum Gasteiger partial charge on any atom is -0.493 e. The number of hydrogen-bond donors (Lipinski definition) is 1. The fourth-order valence-electron chi connectivity index (χ4n) is 3.64. The number of nitrogens with zero attached hydrogens (tertiary/aromatic N) is 2. The van der Waals surface area contributed by atoms with Crippen molar-refractivity contribution in [2.75, 3.05) is 25.2 Å². The van der Waals surface area contributed by atoms with Gasteiger partial charge in [-0.2, -0.15) is 0 Å². The molecule has 2 aromatic carbocycles. The molecule has 7 heteroatoms. The number of carbonyl (C=O) groups excluding carboxylic acids is 1. The largest absolute Gasteiger partial charge is 0.493 e. The fraction of sp³-hybridized carbons (Fsp3) is 0.308. The van der Waals surface area contributed by atoms with Crippen molar-refractivity contribution in [3.8, 4) is 28.4 Å². The van der Waals surface area contributed by atoms with Crippen LogP contribution in [-0.4, -0.2) is 48.0 Å². The number of amides is 1. The molecule has 0 saturated carbocycles. The average molecular weight is 449 g/mol. The van der Waals surface area contributed by atoms with E-state index in [1.165, 1.54) is 0 Å². The molecule has 3 aromatic rings. The van der Waals surface area contributed by atoms with Crippen LogP contribution in [0, 0.1) is 0 Å². The molecule has 172 valence electrons. The molecule has 1 aromatic heterocycles. The van der Waals surface area contributed by atoms with E-state index in [4.69, 9.17) is 14.2 Å². The van der Waals surface area contributed by atoms with Crippen molar-refractivity contribution in [2.24, 2.45) is 0 Å². The molecule has 7 nitrogen and oxygen atoms in total. The molecule has 0 aliphatic carbocycles. The van der Waals surface area contributed by atoms with E-state index in [1.54, 1.807) is 44.2 Å². The van der Waals surface area contributed by atoms with Gasteiger partial charge in [-0.1, -0.05) is 18.2 Å². The molecule has 0 spiro atoms. The van der Waals surface area contributed by atoms with Gasteiger partial charge in [0.25, 0.3) is 5.91 Å². The number of benzene rings is 2. The second-order valence-electron chi connectivity index (χ2n) is 8.59. The van der Waals surface area contributed by atoms with Gasteiger partial charge in [-0.25, -0.2) is 0 Å². The van der Waals surface area contributed by atoms with Gasteiger partial charge in [0.2, 0.25) is 0 Å². The summed E-state index contributed by atoms with van der Waals surface area (Å²) in [6.45, 7) is 4.01. The Balaban J connectivity index is 1.42. The lowest BCUT2D eigenvalue weighted by Gasteiger charge is -2.21. The van der Waals surface area contributed by atoms with Gasteiger partial charge >= 0.3 is 0 Å². The number of pyridine rings is 1. The van der Waals surface area contributed by atoms with Crippen LogP contribution in [0.15, 0.2) is 67.0 Å². The van der Waals surface area contributed by atoms with Crippen LogP contribution in [-0.2, 0) is 4.79 Å². The number of aromatic nitrogens is 1. The van der Waals surface area contributed by atoms with Crippen LogP contribution in [0.5, 0.6) is 17.2 Å². The summed E-state index contributed by atoms with van der Waals surface area (Å²) in [7, 11) is 1.54. The molecule has 1 aliphatic rings. The zero-order valence-corrected chi connectivity index (χ0v) is 19.0. The van der Waals surface area contributed by atoms with Crippen LogP contribution in [0.25, 0.3) is 11.1 Å². The van der Waals surface area contributed by atoms with Crippen molar-refractivity contribution < 1.29 is 24.1 Å². The second kappa shape index (κ2) is 9.50. The zero-order chi connectivity index (χ0) is 23.4. The lowest BCUT2D eigenvalue weighted by molar-refractivity contribution is -0.122. The number of rotatable bonds is 8. The Bertz CT molecular complexity index is 1090. The summed E-state index contributed by atoms with van der Waals surface area (Å²) in [5, 5.41) is 9.89. The number of hydrogen-bond acceptors (Lipinski definition) is 6. The standard InChI is InChI=1S/C26H28N2O5/c1-26(2,30)17-32-22-11-8-20(15-24(22)31-3)28-14-12-23(25(28)29)33-21-9-6-18(7-10-21)19-5-4-13-27-16-19/h4-11,13,15-16,23,30H,12,14,17H2,1-3H3.